The fourth-order valence-electron chi connectivity index (χ4n) is 5.12. The molecule has 1 aliphatic carbocycles. The summed E-state index contributed by atoms with van der Waals surface area (Å²) < 4.78 is 5.32. The highest BCUT2D eigenvalue weighted by Gasteiger charge is 2.40. The molecule has 5 atom stereocenters. The number of hydrogen-bond donors (Lipinski definition) is 5. The number of ether oxygens (including phenoxy) is 1. The van der Waals surface area contributed by atoms with Gasteiger partial charge in [0.25, 0.3) is 0 Å². The van der Waals surface area contributed by atoms with E-state index in [9.17, 15) is 20.1 Å². The summed E-state index contributed by atoms with van der Waals surface area (Å²) in [5.41, 5.74) is 1.87. The third kappa shape index (κ3) is 11.2. The van der Waals surface area contributed by atoms with Gasteiger partial charge in [-0.05, 0) is 86.5 Å². The molecule has 1 aliphatic rings. The van der Waals surface area contributed by atoms with Gasteiger partial charge in [-0.1, -0.05) is 54.6 Å². The van der Waals surface area contributed by atoms with Crippen LogP contribution in [0.1, 0.15) is 62.5 Å². The van der Waals surface area contributed by atoms with Crippen molar-refractivity contribution in [3.05, 3.63) is 77.9 Å². The second-order valence-electron chi connectivity index (χ2n) is 10.2. The standard InChI is InChI=1S/C30H41NO8/c32-24(15-12-22-8-4-3-5-9-22)16-19-27-26(28(33)20-29(27)34)10-6-1-2-7-11-30(35)39-25-17-13-23(14-18-25)21-38-31(36)37/h1,3-6,8-9,13-14,17-18,24,26-29,32-34,36-37H,2,7,10-12,15-16,19-21H2/b6-1-/t24-,26+,27+,28-,29+/m0/s1. The average molecular weight is 544 g/mol. The Morgan fingerprint density at radius 1 is 0.949 bits per heavy atom. The Labute approximate surface area is 229 Å². The molecule has 0 spiro atoms. The predicted octanol–water partition coefficient (Wildman–Crippen LogP) is 4.35. The molecule has 39 heavy (non-hydrogen) atoms. The van der Waals surface area contributed by atoms with Gasteiger partial charge < -0.3 is 20.1 Å². The van der Waals surface area contributed by atoms with Crippen LogP contribution in [0.5, 0.6) is 5.75 Å². The molecule has 0 heterocycles. The first-order valence-corrected chi connectivity index (χ1v) is 13.7. The summed E-state index contributed by atoms with van der Waals surface area (Å²) in [6.07, 6.45) is 7.81. The SMILES string of the molecule is O=C(CCC/C=C\C[C@@H]1[C@@H](CC[C@@H](O)CCc2ccccc2)[C@H](O)C[C@@H]1O)Oc1ccc(CON(O)O)cc1. The van der Waals surface area contributed by atoms with E-state index < -0.39 is 18.3 Å². The van der Waals surface area contributed by atoms with Crippen LogP contribution in [0.15, 0.2) is 66.7 Å². The normalized spacial score (nSPS) is 22.0. The quantitative estimate of drug-likeness (QED) is 0.0687. The third-order valence-corrected chi connectivity index (χ3v) is 7.29. The monoisotopic (exact) mass is 543 g/mol. The zero-order chi connectivity index (χ0) is 28.0. The number of hydrogen-bond acceptors (Lipinski definition) is 9. The van der Waals surface area contributed by atoms with E-state index in [2.05, 4.69) is 17.0 Å². The number of esters is 1. The van der Waals surface area contributed by atoms with Crippen LogP contribution in [0.3, 0.4) is 0 Å². The van der Waals surface area contributed by atoms with Gasteiger partial charge in [0.05, 0.1) is 30.3 Å². The summed E-state index contributed by atoms with van der Waals surface area (Å²) in [5, 5.41) is 48.2. The van der Waals surface area contributed by atoms with Gasteiger partial charge in [0.15, 0.2) is 0 Å². The predicted molar refractivity (Wildman–Crippen MR) is 144 cm³/mol. The van der Waals surface area contributed by atoms with Crippen LogP contribution in [-0.4, -0.2) is 55.4 Å². The molecule has 3 rings (SSSR count). The Bertz CT molecular complexity index is 998. The highest BCUT2D eigenvalue weighted by atomic mass is 17.1. The van der Waals surface area contributed by atoms with Gasteiger partial charge in [-0.2, -0.15) is 0 Å². The van der Waals surface area contributed by atoms with Crippen LogP contribution in [0, 0.1) is 11.8 Å². The molecule has 2 aromatic carbocycles. The van der Waals surface area contributed by atoms with Gasteiger partial charge in [0.1, 0.15) is 5.75 Å². The minimum Gasteiger partial charge on any atom is -0.427 e. The maximum absolute atomic E-state index is 12.1. The highest BCUT2D eigenvalue weighted by Crippen LogP contribution is 2.38. The Kier molecular flexibility index (Phi) is 13.1. The van der Waals surface area contributed by atoms with Crippen LogP contribution in [0.2, 0.25) is 0 Å². The van der Waals surface area contributed by atoms with E-state index in [4.69, 9.17) is 15.2 Å². The maximum atomic E-state index is 12.1. The number of aliphatic hydroxyl groups excluding tert-OH is 3. The fraction of sp³-hybridized carbons (Fsp3) is 0.500. The van der Waals surface area contributed by atoms with Crippen LogP contribution in [-0.2, 0) is 22.7 Å². The number of rotatable bonds is 16. The second-order valence-corrected chi connectivity index (χ2v) is 10.2. The molecule has 1 fully saturated rings. The highest BCUT2D eigenvalue weighted by molar-refractivity contribution is 5.72. The minimum atomic E-state index is -0.560. The van der Waals surface area contributed by atoms with Crippen molar-refractivity contribution >= 4 is 5.97 Å². The van der Waals surface area contributed by atoms with Crippen LogP contribution >= 0.6 is 0 Å². The van der Waals surface area contributed by atoms with Crippen molar-refractivity contribution in [1.82, 2.24) is 5.39 Å². The van der Waals surface area contributed by atoms with Crippen molar-refractivity contribution in [2.45, 2.75) is 82.7 Å². The number of benzene rings is 2. The zero-order valence-electron chi connectivity index (χ0n) is 22.2. The molecular weight excluding hydrogens is 502 g/mol. The molecular formula is C30H41NO8. The number of aryl methyl sites for hydroxylation is 1. The molecule has 0 radical (unpaired) electrons. The Balaban J connectivity index is 1.33. The first-order chi connectivity index (χ1) is 18.8. The second kappa shape index (κ2) is 16.5. The van der Waals surface area contributed by atoms with Crippen molar-refractivity contribution in [1.29, 1.82) is 0 Å². The summed E-state index contributed by atoms with van der Waals surface area (Å²) in [6.45, 7) is -0.0398. The van der Waals surface area contributed by atoms with Crippen molar-refractivity contribution in [2.75, 3.05) is 0 Å². The summed E-state index contributed by atoms with van der Waals surface area (Å²) >= 11 is 0. The molecule has 9 nitrogen and oxygen atoms in total. The van der Waals surface area contributed by atoms with Gasteiger partial charge in [0, 0.05) is 6.42 Å². The molecule has 0 aliphatic heterocycles. The zero-order valence-corrected chi connectivity index (χ0v) is 22.2. The van der Waals surface area contributed by atoms with Crippen molar-refractivity contribution in [3.63, 3.8) is 0 Å². The summed E-state index contributed by atoms with van der Waals surface area (Å²) in [5.74, 6) is -0.0393. The van der Waals surface area contributed by atoms with Crippen molar-refractivity contribution < 1.29 is 40.1 Å². The topological polar surface area (TPSA) is 140 Å². The van der Waals surface area contributed by atoms with Crippen LogP contribution in [0.4, 0.5) is 0 Å². The van der Waals surface area contributed by atoms with Gasteiger partial charge >= 0.3 is 5.97 Å². The molecule has 214 valence electrons. The first-order valence-electron chi connectivity index (χ1n) is 13.7. The Morgan fingerprint density at radius 2 is 1.67 bits per heavy atom. The Hall–Kier alpha value is -2.63. The van der Waals surface area contributed by atoms with E-state index in [-0.39, 0.29) is 36.2 Å². The molecule has 1 saturated carbocycles. The lowest BCUT2D eigenvalue weighted by Gasteiger charge is -2.23. The van der Waals surface area contributed by atoms with Crippen LogP contribution in [0.25, 0.3) is 0 Å². The van der Waals surface area contributed by atoms with Crippen LogP contribution < -0.4 is 4.74 Å². The number of carbonyl (C=O) groups excluding carboxylic acids is 1. The van der Waals surface area contributed by atoms with E-state index in [1.807, 2.05) is 30.4 Å². The molecule has 0 unspecified atom stereocenters. The number of allylic oxidation sites excluding steroid dienone is 2. The summed E-state index contributed by atoms with van der Waals surface area (Å²) in [6, 6.07) is 16.6. The smallest absolute Gasteiger partial charge is 0.311 e. The molecule has 5 N–H and O–H groups in total. The van der Waals surface area contributed by atoms with Gasteiger partial charge in [-0.25, -0.2) is 4.84 Å². The van der Waals surface area contributed by atoms with Gasteiger partial charge in [0.2, 0.25) is 0 Å². The molecule has 0 saturated heterocycles. The fourth-order valence-corrected chi connectivity index (χ4v) is 5.12. The van der Waals surface area contributed by atoms with E-state index in [0.717, 1.165) is 6.42 Å². The van der Waals surface area contributed by atoms with Gasteiger partial charge in [-0.15, -0.1) is 0 Å². The van der Waals surface area contributed by atoms with E-state index in [1.165, 1.54) is 5.56 Å². The lowest BCUT2D eigenvalue weighted by atomic mass is 9.85. The lowest BCUT2D eigenvalue weighted by Crippen LogP contribution is -2.23. The number of carbonyl (C=O) groups is 1. The Morgan fingerprint density at radius 3 is 2.38 bits per heavy atom. The summed E-state index contributed by atoms with van der Waals surface area (Å²) in [7, 11) is 0. The molecule has 2 aromatic rings. The minimum absolute atomic E-state index is 0.0398. The first kappa shape index (κ1) is 30.9. The van der Waals surface area contributed by atoms with Gasteiger partial charge in [-0.3, -0.25) is 15.2 Å². The van der Waals surface area contributed by atoms with E-state index in [0.29, 0.717) is 56.3 Å². The molecule has 0 amide bonds. The van der Waals surface area contributed by atoms with Crippen molar-refractivity contribution in [2.24, 2.45) is 11.8 Å². The molecule has 0 bridgehead atoms. The lowest BCUT2D eigenvalue weighted by molar-refractivity contribution is -0.497. The summed E-state index contributed by atoms with van der Waals surface area (Å²) in [4.78, 5) is 16.6. The van der Waals surface area contributed by atoms with Crippen molar-refractivity contribution in [3.8, 4) is 5.75 Å². The average Bonchev–Trinajstić information content (AvgIpc) is 3.19. The number of nitrogens with zero attached hydrogens (tertiary/aromatic N) is 1. The maximum Gasteiger partial charge on any atom is 0.311 e. The number of unbranched alkanes of at least 4 members (excludes halogenated alkanes) is 1. The van der Waals surface area contributed by atoms with E-state index >= 15 is 0 Å². The third-order valence-electron chi connectivity index (χ3n) is 7.29. The van der Waals surface area contributed by atoms with E-state index in [1.54, 1.807) is 24.3 Å². The molecule has 9 heteroatoms. The molecule has 0 aromatic heterocycles. The largest absolute Gasteiger partial charge is 0.427 e. The number of aliphatic hydroxyl groups is 3.